The molecule has 0 fully saturated rings. The quantitative estimate of drug-likeness (QED) is 0.428. The first-order valence-corrected chi connectivity index (χ1v) is 8.31. The van der Waals surface area contributed by atoms with E-state index in [0.29, 0.717) is 5.94 Å². The third-order valence-corrected chi connectivity index (χ3v) is 4.45. The van der Waals surface area contributed by atoms with Crippen LogP contribution < -0.4 is 10.5 Å². The number of thioether (sulfide) groups is 1. The van der Waals surface area contributed by atoms with Crippen LogP contribution in [0.1, 0.15) is 0 Å². The first-order chi connectivity index (χ1) is 10.3. The Morgan fingerprint density at radius 3 is 2.76 bits per heavy atom. The summed E-state index contributed by atoms with van der Waals surface area (Å²) in [5.74, 6) is 1.28. The highest BCUT2D eigenvalue weighted by Crippen LogP contribution is 2.32. The maximum atomic E-state index is 8.73. The van der Waals surface area contributed by atoms with Gasteiger partial charge in [0.25, 0.3) is 0 Å². The fourth-order valence-electron chi connectivity index (χ4n) is 1.89. The normalized spacial score (nSPS) is 10.9. The van der Waals surface area contributed by atoms with Crippen molar-refractivity contribution in [2.24, 2.45) is 0 Å². The molecule has 3 aromatic rings. The summed E-state index contributed by atoms with van der Waals surface area (Å²) in [6, 6.07) is 13.5. The molecule has 1 heterocycles. The summed E-state index contributed by atoms with van der Waals surface area (Å²) in [6.07, 6.45) is 0. The molecular formula is C15H14N2O2S2. The lowest BCUT2D eigenvalue weighted by atomic mass is 10.2. The van der Waals surface area contributed by atoms with E-state index in [0.717, 1.165) is 32.2 Å². The molecule has 3 rings (SSSR count). The van der Waals surface area contributed by atoms with E-state index in [2.05, 4.69) is 4.98 Å². The van der Waals surface area contributed by atoms with Crippen LogP contribution in [0, 0.1) is 0 Å². The number of fused-ring (bicyclic) bond motifs is 1. The molecule has 0 saturated carbocycles. The summed E-state index contributed by atoms with van der Waals surface area (Å²) in [7, 11) is 0. The molecule has 4 nitrogen and oxygen atoms in total. The average Bonchev–Trinajstić information content (AvgIpc) is 2.91. The molecule has 0 amide bonds. The number of hydrogen-bond acceptors (Lipinski definition) is 6. The largest absolute Gasteiger partial charge is 0.483 e. The molecule has 0 radical (unpaired) electrons. The molecular weight excluding hydrogens is 304 g/mol. The summed E-state index contributed by atoms with van der Waals surface area (Å²) < 4.78 is 6.63. The minimum atomic E-state index is 0.0596. The topological polar surface area (TPSA) is 68.4 Å². The maximum Gasteiger partial charge on any atom is 0.136 e. The van der Waals surface area contributed by atoms with E-state index < -0.39 is 0 Å². The van der Waals surface area contributed by atoms with Crippen molar-refractivity contribution in [2.75, 3.05) is 17.6 Å². The van der Waals surface area contributed by atoms with Crippen molar-refractivity contribution in [3.05, 3.63) is 42.5 Å². The molecule has 0 aliphatic carbocycles. The van der Waals surface area contributed by atoms with Crippen molar-refractivity contribution in [1.82, 2.24) is 4.98 Å². The van der Waals surface area contributed by atoms with Gasteiger partial charge in [-0.3, -0.25) is 0 Å². The molecule has 0 atom stereocenters. The Hall–Kier alpha value is -1.76. The van der Waals surface area contributed by atoms with E-state index in [1.807, 2.05) is 42.5 Å². The Morgan fingerprint density at radius 1 is 1.19 bits per heavy atom. The van der Waals surface area contributed by atoms with E-state index in [1.165, 1.54) is 11.8 Å². The van der Waals surface area contributed by atoms with Crippen LogP contribution in [0.25, 0.3) is 20.8 Å². The Bertz CT molecular complexity index is 741. The number of thiazole rings is 1. The predicted molar refractivity (Wildman–Crippen MR) is 89.6 cm³/mol. The minimum absolute atomic E-state index is 0.0596. The first kappa shape index (κ1) is 14.2. The third-order valence-electron chi connectivity index (χ3n) is 2.92. The van der Waals surface area contributed by atoms with Crippen molar-refractivity contribution in [1.29, 1.82) is 0 Å². The number of aliphatic hydroxyl groups is 1. The Labute approximate surface area is 130 Å². The molecule has 108 valence electrons. The van der Waals surface area contributed by atoms with Gasteiger partial charge in [-0.05, 0) is 42.5 Å². The van der Waals surface area contributed by atoms with Crippen LogP contribution in [0.15, 0.2) is 42.5 Å². The number of hydrogen-bond donors (Lipinski definition) is 2. The van der Waals surface area contributed by atoms with E-state index >= 15 is 0 Å². The molecule has 21 heavy (non-hydrogen) atoms. The number of aromatic nitrogens is 1. The van der Waals surface area contributed by atoms with Crippen LogP contribution in [0.3, 0.4) is 0 Å². The molecule has 0 spiro atoms. The Balaban J connectivity index is 1.87. The lowest BCUT2D eigenvalue weighted by Gasteiger charge is -2.03. The molecule has 2 aromatic carbocycles. The van der Waals surface area contributed by atoms with Gasteiger partial charge in [0, 0.05) is 11.3 Å². The van der Waals surface area contributed by atoms with Gasteiger partial charge < -0.3 is 15.6 Å². The predicted octanol–water partition coefficient (Wildman–Crippen LogP) is 3.56. The smallest absolute Gasteiger partial charge is 0.136 e. The zero-order chi connectivity index (χ0) is 14.7. The summed E-state index contributed by atoms with van der Waals surface area (Å²) in [4.78, 5) is 4.63. The van der Waals surface area contributed by atoms with Gasteiger partial charge in [0.15, 0.2) is 0 Å². The molecule has 0 aliphatic rings. The number of nitrogens with two attached hydrogens (primary N) is 1. The fourth-order valence-corrected chi connectivity index (χ4v) is 3.18. The molecule has 0 unspecified atom stereocenters. The van der Waals surface area contributed by atoms with Crippen molar-refractivity contribution in [3.63, 3.8) is 0 Å². The van der Waals surface area contributed by atoms with Gasteiger partial charge in [0.05, 0.1) is 16.2 Å². The lowest BCUT2D eigenvalue weighted by molar-refractivity contribution is 0.362. The van der Waals surface area contributed by atoms with E-state index in [-0.39, 0.29) is 5.94 Å². The maximum absolute atomic E-state index is 8.73. The fraction of sp³-hybridized carbons (Fsp3) is 0.133. The van der Waals surface area contributed by atoms with Crippen LogP contribution in [-0.4, -0.2) is 22.0 Å². The molecule has 0 aliphatic heterocycles. The van der Waals surface area contributed by atoms with E-state index in [1.54, 1.807) is 11.3 Å². The standard InChI is InChI=1S/C15H14N2O2S2/c16-11-3-1-10(2-4-11)15-17-13-6-5-12(7-14(13)21-15)19-9-20-8-18/h1-7,18H,8-9,16H2. The summed E-state index contributed by atoms with van der Waals surface area (Å²) >= 11 is 2.94. The summed E-state index contributed by atoms with van der Waals surface area (Å²) in [5, 5.41) is 9.70. The number of aliphatic hydroxyl groups excluding tert-OH is 1. The molecule has 3 N–H and O–H groups in total. The van der Waals surface area contributed by atoms with Crippen molar-refractivity contribution >= 4 is 39.0 Å². The molecule has 0 bridgehead atoms. The van der Waals surface area contributed by atoms with Crippen molar-refractivity contribution in [3.8, 4) is 16.3 Å². The van der Waals surface area contributed by atoms with Gasteiger partial charge >= 0.3 is 0 Å². The van der Waals surface area contributed by atoms with Gasteiger partial charge in [-0.2, -0.15) is 0 Å². The zero-order valence-electron chi connectivity index (χ0n) is 11.2. The second-order valence-electron chi connectivity index (χ2n) is 4.37. The van der Waals surface area contributed by atoms with Gasteiger partial charge in [-0.15, -0.1) is 11.3 Å². The Kier molecular flexibility index (Phi) is 4.28. The van der Waals surface area contributed by atoms with Gasteiger partial charge in [0.2, 0.25) is 0 Å². The second-order valence-corrected chi connectivity index (χ2v) is 6.30. The highest BCUT2D eigenvalue weighted by atomic mass is 32.2. The van der Waals surface area contributed by atoms with Crippen LogP contribution >= 0.6 is 23.1 Å². The summed E-state index contributed by atoms with van der Waals surface area (Å²) in [6.45, 7) is 0. The molecule has 6 heteroatoms. The number of ether oxygens (including phenoxy) is 1. The van der Waals surface area contributed by atoms with Gasteiger partial charge in [-0.1, -0.05) is 11.8 Å². The monoisotopic (exact) mass is 318 g/mol. The number of anilines is 1. The van der Waals surface area contributed by atoms with Crippen molar-refractivity contribution in [2.45, 2.75) is 0 Å². The lowest BCUT2D eigenvalue weighted by Crippen LogP contribution is -1.93. The van der Waals surface area contributed by atoms with Crippen LogP contribution in [0.2, 0.25) is 0 Å². The number of nitrogen functional groups attached to an aromatic ring is 1. The number of rotatable bonds is 5. The van der Waals surface area contributed by atoms with Gasteiger partial charge in [0.1, 0.15) is 16.7 Å². The minimum Gasteiger partial charge on any atom is -0.483 e. The number of benzene rings is 2. The first-order valence-electron chi connectivity index (χ1n) is 6.34. The number of nitrogens with zero attached hydrogens (tertiary/aromatic N) is 1. The highest BCUT2D eigenvalue weighted by molar-refractivity contribution is 7.98. The van der Waals surface area contributed by atoms with Crippen LogP contribution in [0.5, 0.6) is 5.75 Å². The SMILES string of the molecule is Nc1ccc(-c2nc3ccc(OCSCO)cc3s2)cc1. The van der Waals surface area contributed by atoms with Crippen LogP contribution in [0.4, 0.5) is 5.69 Å². The highest BCUT2D eigenvalue weighted by Gasteiger charge is 2.07. The van der Waals surface area contributed by atoms with E-state index in [4.69, 9.17) is 15.6 Å². The third kappa shape index (κ3) is 3.29. The molecule has 0 saturated heterocycles. The van der Waals surface area contributed by atoms with Crippen LogP contribution in [-0.2, 0) is 0 Å². The van der Waals surface area contributed by atoms with E-state index in [9.17, 15) is 0 Å². The van der Waals surface area contributed by atoms with Crippen molar-refractivity contribution < 1.29 is 9.84 Å². The average molecular weight is 318 g/mol. The zero-order valence-corrected chi connectivity index (χ0v) is 12.8. The Morgan fingerprint density at radius 2 is 2.00 bits per heavy atom. The van der Waals surface area contributed by atoms with Gasteiger partial charge in [-0.25, -0.2) is 4.98 Å². The second kappa shape index (κ2) is 6.34. The summed E-state index contributed by atoms with van der Waals surface area (Å²) in [5.41, 5.74) is 8.46. The molecule has 1 aromatic heterocycles.